The van der Waals surface area contributed by atoms with Crippen LogP contribution in [0, 0.1) is 0 Å². The molecule has 24 heavy (non-hydrogen) atoms. The average Bonchev–Trinajstić information content (AvgIpc) is 3.26. The van der Waals surface area contributed by atoms with Gasteiger partial charge in [0.05, 0.1) is 24.3 Å². The molecule has 4 rings (SSSR count). The molecule has 0 atom stereocenters. The van der Waals surface area contributed by atoms with Crippen LogP contribution < -0.4 is 19.7 Å². The molecule has 126 valence electrons. The molecule has 0 spiro atoms. The predicted molar refractivity (Wildman–Crippen MR) is 89.6 cm³/mol. The summed E-state index contributed by atoms with van der Waals surface area (Å²) in [4.78, 5) is 14.5. The van der Waals surface area contributed by atoms with E-state index in [0.717, 1.165) is 43.1 Å². The van der Waals surface area contributed by atoms with E-state index in [-0.39, 0.29) is 18.7 Å². The quantitative estimate of drug-likeness (QED) is 0.906. The molecule has 8 heteroatoms. The summed E-state index contributed by atoms with van der Waals surface area (Å²) in [6.07, 6.45) is 3.99. The first-order valence-electron chi connectivity index (χ1n) is 7.98. The molecule has 0 saturated carbocycles. The maximum atomic E-state index is 12.3. The Balaban J connectivity index is 1.28. The summed E-state index contributed by atoms with van der Waals surface area (Å²) in [5, 5.41) is 3.13. The highest BCUT2D eigenvalue weighted by Crippen LogP contribution is 2.32. The highest BCUT2D eigenvalue weighted by atomic mass is 32.1. The third kappa shape index (κ3) is 3.28. The van der Waals surface area contributed by atoms with Gasteiger partial charge < -0.3 is 19.7 Å². The van der Waals surface area contributed by atoms with Crippen LogP contribution in [0.2, 0.25) is 0 Å². The van der Waals surface area contributed by atoms with E-state index < -0.39 is 0 Å². The molecule has 1 aromatic carbocycles. The molecule has 2 aliphatic heterocycles. The van der Waals surface area contributed by atoms with E-state index in [4.69, 9.17) is 9.47 Å². The maximum absolute atomic E-state index is 12.3. The standard InChI is InChI=1S/C16H18N4O3S/c21-16(8-11-1-2-13-14(7-11)23-10-22-13)18-12-3-5-20(6-4-12)15-9-17-24-19-15/h1-2,7,9,12H,3-6,8,10H2,(H,18,21). The number of rotatable bonds is 4. The van der Waals surface area contributed by atoms with E-state index in [1.54, 1.807) is 6.20 Å². The van der Waals surface area contributed by atoms with Gasteiger partial charge >= 0.3 is 0 Å². The van der Waals surface area contributed by atoms with E-state index in [1.807, 2.05) is 18.2 Å². The third-order valence-corrected chi connectivity index (χ3v) is 4.80. The van der Waals surface area contributed by atoms with Gasteiger partial charge in [-0.15, -0.1) is 0 Å². The van der Waals surface area contributed by atoms with Crippen molar-refractivity contribution >= 4 is 23.5 Å². The summed E-state index contributed by atoms with van der Waals surface area (Å²) < 4.78 is 18.9. The van der Waals surface area contributed by atoms with Crippen molar-refractivity contribution in [3.05, 3.63) is 30.0 Å². The number of nitrogens with zero attached hydrogens (tertiary/aromatic N) is 3. The van der Waals surface area contributed by atoms with Crippen molar-refractivity contribution in [1.29, 1.82) is 0 Å². The first kappa shape index (κ1) is 15.2. The number of aromatic nitrogens is 2. The van der Waals surface area contributed by atoms with E-state index in [2.05, 4.69) is 19.0 Å². The number of piperidine rings is 1. The summed E-state index contributed by atoms with van der Waals surface area (Å²) in [7, 11) is 0. The van der Waals surface area contributed by atoms with Crippen molar-refractivity contribution in [2.24, 2.45) is 0 Å². The fourth-order valence-corrected chi connectivity index (χ4v) is 3.50. The molecule has 0 unspecified atom stereocenters. The zero-order valence-electron chi connectivity index (χ0n) is 13.1. The number of nitrogens with one attached hydrogen (secondary N) is 1. The fraction of sp³-hybridized carbons (Fsp3) is 0.438. The Hall–Kier alpha value is -2.35. The summed E-state index contributed by atoms with van der Waals surface area (Å²) >= 11 is 1.22. The second-order valence-corrected chi connectivity index (χ2v) is 6.52. The predicted octanol–water partition coefficient (Wildman–Crippen LogP) is 1.59. The number of hydrogen-bond donors (Lipinski definition) is 1. The van der Waals surface area contributed by atoms with Crippen LogP contribution in [-0.2, 0) is 11.2 Å². The van der Waals surface area contributed by atoms with Crippen molar-refractivity contribution < 1.29 is 14.3 Å². The van der Waals surface area contributed by atoms with E-state index in [1.165, 1.54) is 11.7 Å². The number of fused-ring (bicyclic) bond motifs is 1. The van der Waals surface area contributed by atoms with Crippen molar-refractivity contribution in [1.82, 2.24) is 14.1 Å². The normalized spacial score (nSPS) is 17.1. The number of hydrogen-bond acceptors (Lipinski definition) is 7. The Kier molecular flexibility index (Phi) is 4.20. The summed E-state index contributed by atoms with van der Waals surface area (Å²) in [6.45, 7) is 2.03. The molecule has 1 saturated heterocycles. The molecular formula is C16H18N4O3S. The minimum Gasteiger partial charge on any atom is -0.454 e. The lowest BCUT2D eigenvalue weighted by atomic mass is 10.0. The summed E-state index contributed by atoms with van der Waals surface area (Å²) in [6, 6.07) is 5.85. The molecule has 1 aromatic heterocycles. The van der Waals surface area contributed by atoms with E-state index in [9.17, 15) is 4.79 Å². The van der Waals surface area contributed by atoms with E-state index >= 15 is 0 Å². The van der Waals surface area contributed by atoms with Gasteiger partial charge in [-0.2, -0.15) is 8.75 Å². The molecule has 2 aliphatic rings. The molecule has 7 nitrogen and oxygen atoms in total. The Labute approximate surface area is 143 Å². The van der Waals surface area contributed by atoms with Gasteiger partial charge in [-0.1, -0.05) is 6.07 Å². The maximum Gasteiger partial charge on any atom is 0.231 e. The third-order valence-electron chi connectivity index (χ3n) is 4.34. The second kappa shape index (κ2) is 6.64. The van der Waals surface area contributed by atoms with Crippen LogP contribution in [0.5, 0.6) is 11.5 Å². The molecule has 1 fully saturated rings. The topological polar surface area (TPSA) is 76.6 Å². The molecule has 3 heterocycles. The Morgan fingerprint density at radius 2 is 2.12 bits per heavy atom. The minimum absolute atomic E-state index is 0.0441. The first-order valence-corrected chi connectivity index (χ1v) is 8.71. The van der Waals surface area contributed by atoms with Gasteiger partial charge in [-0.05, 0) is 30.5 Å². The lowest BCUT2D eigenvalue weighted by molar-refractivity contribution is -0.121. The molecule has 2 aromatic rings. The molecule has 0 radical (unpaired) electrons. The highest BCUT2D eigenvalue weighted by molar-refractivity contribution is 6.99. The number of amides is 1. The fourth-order valence-electron chi connectivity index (χ4n) is 3.07. The Bertz CT molecular complexity index is 714. The van der Waals surface area contributed by atoms with Gasteiger partial charge in [-0.3, -0.25) is 4.79 Å². The first-order chi connectivity index (χ1) is 11.8. The van der Waals surface area contributed by atoms with Gasteiger partial charge in [0.25, 0.3) is 0 Å². The minimum atomic E-state index is 0.0441. The highest BCUT2D eigenvalue weighted by Gasteiger charge is 2.22. The van der Waals surface area contributed by atoms with Gasteiger partial charge in [0.1, 0.15) is 0 Å². The van der Waals surface area contributed by atoms with Crippen molar-refractivity contribution in [3.63, 3.8) is 0 Å². The number of ether oxygens (including phenoxy) is 2. The van der Waals surface area contributed by atoms with Gasteiger partial charge in [0, 0.05) is 19.1 Å². The average molecular weight is 346 g/mol. The van der Waals surface area contributed by atoms with Gasteiger partial charge in [0.2, 0.25) is 12.7 Å². The van der Waals surface area contributed by atoms with Crippen LogP contribution in [0.4, 0.5) is 5.82 Å². The molecular weight excluding hydrogens is 328 g/mol. The van der Waals surface area contributed by atoms with Crippen LogP contribution in [0.1, 0.15) is 18.4 Å². The zero-order valence-corrected chi connectivity index (χ0v) is 13.9. The number of carbonyl (C=O) groups is 1. The molecule has 1 N–H and O–H groups in total. The lowest BCUT2D eigenvalue weighted by Crippen LogP contribution is -2.45. The Morgan fingerprint density at radius 1 is 1.29 bits per heavy atom. The van der Waals surface area contributed by atoms with Crippen molar-refractivity contribution in [2.45, 2.75) is 25.3 Å². The van der Waals surface area contributed by atoms with Gasteiger partial charge in [0.15, 0.2) is 17.3 Å². The monoisotopic (exact) mass is 346 g/mol. The van der Waals surface area contributed by atoms with Crippen LogP contribution in [0.15, 0.2) is 24.4 Å². The largest absolute Gasteiger partial charge is 0.454 e. The van der Waals surface area contributed by atoms with Crippen LogP contribution >= 0.6 is 11.7 Å². The van der Waals surface area contributed by atoms with Crippen LogP contribution in [0.25, 0.3) is 0 Å². The molecule has 0 bridgehead atoms. The number of anilines is 1. The summed E-state index contributed by atoms with van der Waals surface area (Å²) in [5.41, 5.74) is 0.933. The molecule has 0 aliphatic carbocycles. The van der Waals surface area contributed by atoms with Crippen LogP contribution in [0.3, 0.4) is 0 Å². The van der Waals surface area contributed by atoms with Crippen molar-refractivity contribution in [3.8, 4) is 11.5 Å². The zero-order chi connectivity index (χ0) is 16.4. The summed E-state index contributed by atoms with van der Waals surface area (Å²) in [5.74, 6) is 2.43. The smallest absolute Gasteiger partial charge is 0.231 e. The van der Waals surface area contributed by atoms with Crippen molar-refractivity contribution in [2.75, 3.05) is 24.8 Å². The second-order valence-electron chi connectivity index (χ2n) is 5.96. The van der Waals surface area contributed by atoms with Gasteiger partial charge in [-0.25, -0.2) is 0 Å². The lowest BCUT2D eigenvalue weighted by Gasteiger charge is -2.32. The number of benzene rings is 1. The van der Waals surface area contributed by atoms with Crippen LogP contribution in [-0.4, -0.2) is 40.6 Å². The molecule has 1 amide bonds. The SMILES string of the molecule is O=C(Cc1ccc2c(c1)OCO2)NC1CCN(c2cnsn2)CC1. The van der Waals surface area contributed by atoms with E-state index in [0.29, 0.717) is 12.2 Å². The Morgan fingerprint density at radius 3 is 2.92 bits per heavy atom. The number of carbonyl (C=O) groups excluding carboxylic acids is 1.